The fourth-order valence-corrected chi connectivity index (χ4v) is 1.61. The number of rotatable bonds is 3. The Hall–Kier alpha value is -1.09. The predicted octanol–water partition coefficient (Wildman–Crippen LogP) is 2.64. The minimum absolute atomic E-state index is 0.282. The first-order valence-corrected chi connectivity index (χ1v) is 4.81. The smallest absolute Gasteiger partial charge is 0.165 e. The third-order valence-electron chi connectivity index (χ3n) is 2.36. The molecule has 1 aromatic carbocycles. The normalized spacial score (nSPS) is 12.9. The Morgan fingerprint density at radius 2 is 2.14 bits per heavy atom. The first-order valence-electron chi connectivity index (χ1n) is 4.81. The van der Waals surface area contributed by atoms with Gasteiger partial charge in [0.15, 0.2) is 11.6 Å². The summed E-state index contributed by atoms with van der Waals surface area (Å²) in [6, 6.07) is 2.61. The van der Waals surface area contributed by atoms with Crippen molar-refractivity contribution in [2.24, 2.45) is 5.73 Å². The van der Waals surface area contributed by atoms with Crippen LogP contribution in [0.2, 0.25) is 0 Å². The number of nitrogens with two attached hydrogens (primary N) is 1. The van der Waals surface area contributed by atoms with E-state index < -0.39 is 5.82 Å². The average molecular weight is 197 g/mol. The van der Waals surface area contributed by atoms with E-state index >= 15 is 0 Å². The molecule has 0 aliphatic heterocycles. The lowest BCUT2D eigenvalue weighted by Crippen LogP contribution is -2.12. The number of benzene rings is 1. The van der Waals surface area contributed by atoms with E-state index in [1.54, 1.807) is 6.07 Å². The third-order valence-corrected chi connectivity index (χ3v) is 2.36. The molecule has 0 unspecified atom stereocenters. The lowest BCUT2D eigenvalue weighted by atomic mass is 9.97. The van der Waals surface area contributed by atoms with Crippen LogP contribution in [0.25, 0.3) is 0 Å². The molecule has 3 heteroatoms. The Kier molecular flexibility index (Phi) is 3.47. The molecule has 2 nitrogen and oxygen atoms in total. The molecule has 0 aromatic heterocycles. The number of aryl methyl sites for hydroxylation is 1. The summed E-state index contributed by atoms with van der Waals surface area (Å²) >= 11 is 0. The summed E-state index contributed by atoms with van der Waals surface area (Å²) in [5, 5.41) is 9.52. The standard InChI is InChI=1S/C11H16FNO/c1-3-4-9(13)10-7(2)5-6-8(12)11(10)14/h5-6,9,14H,3-4,13H2,1-2H3/t9-/m1/s1. The average Bonchev–Trinajstić information content (AvgIpc) is 2.13. The SMILES string of the molecule is CCC[C@@H](N)c1c(C)ccc(F)c1O. The maximum absolute atomic E-state index is 13.1. The van der Waals surface area contributed by atoms with Gasteiger partial charge in [-0.05, 0) is 25.0 Å². The van der Waals surface area contributed by atoms with Crippen molar-refractivity contribution in [2.45, 2.75) is 32.7 Å². The number of aromatic hydroxyl groups is 1. The molecule has 14 heavy (non-hydrogen) atoms. The van der Waals surface area contributed by atoms with E-state index in [-0.39, 0.29) is 11.8 Å². The Labute approximate surface area is 83.6 Å². The highest BCUT2D eigenvalue weighted by Crippen LogP contribution is 2.30. The number of phenols is 1. The van der Waals surface area contributed by atoms with Crippen LogP contribution in [0.3, 0.4) is 0 Å². The van der Waals surface area contributed by atoms with Crippen molar-refractivity contribution in [1.82, 2.24) is 0 Å². The Morgan fingerprint density at radius 1 is 1.50 bits per heavy atom. The van der Waals surface area contributed by atoms with E-state index in [1.165, 1.54) is 6.07 Å². The maximum atomic E-state index is 13.1. The zero-order chi connectivity index (χ0) is 10.7. The Balaban J connectivity index is 3.11. The van der Waals surface area contributed by atoms with Crippen LogP contribution in [-0.4, -0.2) is 5.11 Å². The van der Waals surface area contributed by atoms with Crippen molar-refractivity contribution in [3.63, 3.8) is 0 Å². The molecule has 0 aliphatic carbocycles. The Bertz CT molecular complexity index is 325. The van der Waals surface area contributed by atoms with Gasteiger partial charge in [0, 0.05) is 11.6 Å². The van der Waals surface area contributed by atoms with Crippen molar-refractivity contribution in [3.8, 4) is 5.75 Å². The Morgan fingerprint density at radius 3 is 2.71 bits per heavy atom. The molecular weight excluding hydrogens is 181 g/mol. The van der Waals surface area contributed by atoms with Crippen molar-refractivity contribution >= 4 is 0 Å². The first kappa shape index (κ1) is 11.0. The molecule has 0 saturated carbocycles. The van der Waals surface area contributed by atoms with Crippen molar-refractivity contribution < 1.29 is 9.50 Å². The number of hydrogen-bond acceptors (Lipinski definition) is 2. The van der Waals surface area contributed by atoms with Gasteiger partial charge in [-0.2, -0.15) is 0 Å². The van der Waals surface area contributed by atoms with Gasteiger partial charge < -0.3 is 10.8 Å². The first-order chi connectivity index (χ1) is 6.57. The van der Waals surface area contributed by atoms with Crippen molar-refractivity contribution in [3.05, 3.63) is 29.1 Å². The monoisotopic (exact) mass is 197 g/mol. The number of halogens is 1. The molecule has 0 saturated heterocycles. The minimum atomic E-state index is -0.600. The second-order valence-corrected chi connectivity index (χ2v) is 3.52. The lowest BCUT2D eigenvalue weighted by molar-refractivity contribution is 0.417. The quantitative estimate of drug-likeness (QED) is 0.782. The van der Waals surface area contributed by atoms with E-state index in [4.69, 9.17) is 5.73 Å². The second-order valence-electron chi connectivity index (χ2n) is 3.52. The maximum Gasteiger partial charge on any atom is 0.165 e. The summed E-state index contributed by atoms with van der Waals surface area (Å²) in [6.45, 7) is 3.83. The molecule has 0 spiro atoms. The second kappa shape index (κ2) is 4.42. The molecule has 0 amide bonds. The van der Waals surface area contributed by atoms with Crippen LogP contribution in [0.15, 0.2) is 12.1 Å². The summed E-state index contributed by atoms with van der Waals surface area (Å²) in [6.07, 6.45) is 1.66. The van der Waals surface area contributed by atoms with Gasteiger partial charge in [-0.15, -0.1) is 0 Å². The molecule has 0 fully saturated rings. The molecule has 1 rings (SSSR count). The van der Waals surface area contributed by atoms with Crippen LogP contribution in [0.4, 0.5) is 4.39 Å². The van der Waals surface area contributed by atoms with Crippen LogP contribution in [0.5, 0.6) is 5.75 Å². The van der Waals surface area contributed by atoms with E-state index in [0.717, 1.165) is 18.4 Å². The van der Waals surface area contributed by atoms with E-state index in [9.17, 15) is 9.50 Å². The minimum Gasteiger partial charge on any atom is -0.505 e. The van der Waals surface area contributed by atoms with Gasteiger partial charge in [-0.3, -0.25) is 0 Å². The van der Waals surface area contributed by atoms with Gasteiger partial charge in [0.2, 0.25) is 0 Å². The number of phenolic OH excluding ortho intramolecular Hbond substituents is 1. The largest absolute Gasteiger partial charge is 0.505 e. The third kappa shape index (κ3) is 2.04. The summed E-state index contributed by atoms with van der Waals surface area (Å²) in [5.41, 5.74) is 7.22. The molecule has 0 bridgehead atoms. The van der Waals surface area contributed by atoms with Crippen LogP contribution >= 0.6 is 0 Å². The fourth-order valence-electron chi connectivity index (χ4n) is 1.61. The zero-order valence-corrected chi connectivity index (χ0v) is 8.55. The molecule has 0 radical (unpaired) electrons. The van der Waals surface area contributed by atoms with Gasteiger partial charge >= 0.3 is 0 Å². The summed E-state index contributed by atoms with van der Waals surface area (Å²) in [4.78, 5) is 0. The van der Waals surface area contributed by atoms with Crippen LogP contribution < -0.4 is 5.73 Å². The zero-order valence-electron chi connectivity index (χ0n) is 8.55. The van der Waals surface area contributed by atoms with E-state index in [2.05, 4.69) is 0 Å². The van der Waals surface area contributed by atoms with E-state index in [0.29, 0.717) is 5.56 Å². The highest BCUT2D eigenvalue weighted by molar-refractivity contribution is 5.41. The molecule has 0 heterocycles. The lowest BCUT2D eigenvalue weighted by Gasteiger charge is -2.15. The van der Waals surface area contributed by atoms with Gasteiger partial charge in [0.1, 0.15) is 0 Å². The molecule has 1 aromatic rings. The fraction of sp³-hybridized carbons (Fsp3) is 0.455. The summed E-state index contributed by atoms with van der Waals surface area (Å²) < 4.78 is 13.1. The van der Waals surface area contributed by atoms with Crippen LogP contribution in [-0.2, 0) is 0 Å². The molecule has 1 atom stereocenters. The van der Waals surface area contributed by atoms with Crippen LogP contribution in [0.1, 0.15) is 36.9 Å². The predicted molar refractivity (Wildman–Crippen MR) is 54.6 cm³/mol. The van der Waals surface area contributed by atoms with Crippen LogP contribution in [0, 0.1) is 12.7 Å². The highest BCUT2D eigenvalue weighted by atomic mass is 19.1. The summed E-state index contributed by atoms with van der Waals surface area (Å²) in [5.74, 6) is -0.900. The van der Waals surface area contributed by atoms with Gasteiger partial charge in [-0.1, -0.05) is 19.4 Å². The topological polar surface area (TPSA) is 46.2 Å². The van der Waals surface area contributed by atoms with Gasteiger partial charge in [-0.25, -0.2) is 4.39 Å². The van der Waals surface area contributed by atoms with Gasteiger partial charge in [0.25, 0.3) is 0 Å². The molecular formula is C11H16FNO. The highest BCUT2D eigenvalue weighted by Gasteiger charge is 2.15. The van der Waals surface area contributed by atoms with E-state index in [1.807, 2.05) is 13.8 Å². The van der Waals surface area contributed by atoms with Crippen molar-refractivity contribution in [2.75, 3.05) is 0 Å². The van der Waals surface area contributed by atoms with Crippen molar-refractivity contribution in [1.29, 1.82) is 0 Å². The molecule has 78 valence electrons. The molecule has 3 N–H and O–H groups in total. The summed E-state index contributed by atoms with van der Waals surface area (Å²) in [7, 11) is 0. The number of hydrogen-bond donors (Lipinski definition) is 2. The van der Waals surface area contributed by atoms with Gasteiger partial charge in [0.05, 0.1) is 0 Å². The molecule has 0 aliphatic rings.